The molecule has 3 rings (SSSR count). The molecule has 8 heteroatoms. The predicted molar refractivity (Wildman–Crippen MR) is 100 cm³/mol. The number of nitrogens with zero attached hydrogens (tertiary/aromatic N) is 4. The molecule has 2 heterocycles. The number of ether oxygens (including phenoxy) is 1. The maximum absolute atomic E-state index is 8.83. The largest absolute Gasteiger partial charge is 0.480 e. The van der Waals surface area contributed by atoms with Gasteiger partial charge in [-0.25, -0.2) is 9.97 Å². The van der Waals surface area contributed by atoms with Crippen molar-refractivity contribution in [2.45, 2.75) is 38.1 Å². The molecule has 8 nitrogen and oxygen atoms in total. The number of methoxy groups -OCH3 is 1. The van der Waals surface area contributed by atoms with Crippen LogP contribution in [0.15, 0.2) is 24.5 Å². The number of pyridine rings is 1. The Balaban J connectivity index is 1.67. The number of rotatable bonds is 6. The molecule has 1 fully saturated rings. The van der Waals surface area contributed by atoms with Crippen molar-refractivity contribution in [1.82, 2.24) is 15.0 Å². The first-order valence-electron chi connectivity index (χ1n) is 8.71. The van der Waals surface area contributed by atoms with E-state index in [1.54, 1.807) is 25.6 Å². The summed E-state index contributed by atoms with van der Waals surface area (Å²) < 4.78 is 5.23. The Morgan fingerprint density at radius 2 is 2.12 bits per heavy atom. The summed E-state index contributed by atoms with van der Waals surface area (Å²) in [5, 5.41) is 15.4. The summed E-state index contributed by atoms with van der Waals surface area (Å²) in [6.07, 6.45) is 8.00. The van der Waals surface area contributed by atoms with E-state index in [0.717, 1.165) is 25.7 Å². The van der Waals surface area contributed by atoms with Gasteiger partial charge >= 0.3 is 0 Å². The van der Waals surface area contributed by atoms with Crippen molar-refractivity contribution >= 4 is 23.1 Å². The second-order valence-electron chi connectivity index (χ2n) is 6.41. The third-order valence-corrected chi connectivity index (χ3v) is 4.60. The number of hydrogen-bond donors (Lipinski definition) is 3. The number of hydrogen-bond acceptors (Lipinski definition) is 8. The summed E-state index contributed by atoms with van der Waals surface area (Å²) in [5.74, 6) is 2.02. The van der Waals surface area contributed by atoms with Gasteiger partial charge in [0.25, 0.3) is 0 Å². The standard InChI is InChI=1S/C18H23N7O/c1-26-17-15(3-2-10-21-17)24-18-22-11-14(20)16(25-18)23-13-6-4-12(5-7-13)8-9-19/h2-3,10-13H,4-8,20H2,1H3,(H2,22,23,24,25). The molecule has 0 aliphatic heterocycles. The van der Waals surface area contributed by atoms with Crippen LogP contribution in [0.2, 0.25) is 0 Å². The van der Waals surface area contributed by atoms with Crippen molar-refractivity contribution in [3.05, 3.63) is 24.5 Å². The minimum absolute atomic E-state index is 0.308. The number of nitrogen functional groups attached to an aromatic ring is 1. The first kappa shape index (κ1) is 17.7. The topological polar surface area (TPSA) is 122 Å². The van der Waals surface area contributed by atoms with E-state index < -0.39 is 0 Å². The van der Waals surface area contributed by atoms with Crippen LogP contribution in [0.4, 0.5) is 23.1 Å². The monoisotopic (exact) mass is 353 g/mol. The minimum Gasteiger partial charge on any atom is -0.480 e. The van der Waals surface area contributed by atoms with Gasteiger partial charge in [0, 0.05) is 18.7 Å². The summed E-state index contributed by atoms with van der Waals surface area (Å²) in [7, 11) is 1.56. The molecule has 1 aliphatic rings. The molecule has 0 spiro atoms. The molecule has 136 valence electrons. The normalized spacial score (nSPS) is 19.4. The highest BCUT2D eigenvalue weighted by Crippen LogP contribution is 2.30. The predicted octanol–water partition coefficient (Wildman–Crippen LogP) is 3.09. The molecule has 0 atom stereocenters. The van der Waals surface area contributed by atoms with Crippen molar-refractivity contribution in [3.63, 3.8) is 0 Å². The second-order valence-corrected chi connectivity index (χ2v) is 6.41. The van der Waals surface area contributed by atoms with Gasteiger partial charge in [0.1, 0.15) is 5.69 Å². The average molecular weight is 353 g/mol. The van der Waals surface area contributed by atoms with Gasteiger partial charge in [-0.3, -0.25) is 0 Å². The van der Waals surface area contributed by atoms with Crippen LogP contribution in [-0.2, 0) is 0 Å². The summed E-state index contributed by atoms with van der Waals surface area (Å²) in [6.45, 7) is 0. The Bertz CT molecular complexity index is 781. The Hall–Kier alpha value is -3.08. The van der Waals surface area contributed by atoms with Gasteiger partial charge in [0.2, 0.25) is 11.8 Å². The Morgan fingerprint density at radius 3 is 2.85 bits per heavy atom. The van der Waals surface area contributed by atoms with Crippen LogP contribution in [0.3, 0.4) is 0 Å². The number of nitrogens with two attached hydrogens (primary N) is 1. The summed E-state index contributed by atoms with van der Waals surface area (Å²) >= 11 is 0. The fourth-order valence-corrected chi connectivity index (χ4v) is 3.17. The lowest BCUT2D eigenvalue weighted by Gasteiger charge is -2.28. The molecule has 4 N–H and O–H groups in total. The first-order valence-corrected chi connectivity index (χ1v) is 8.71. The summed E-state index contributed by atoms with van der Waals surface area (Å²) in [4.78, 5) is 12.9. The molecular formula is C18H23N7O. The van der Waals surface area contributed by atoms with Crippen molar-refractivity contribution in [2.24, 2.45) is 5.92 Å². The van der Waals surface area contributed by atoms with E-state index in [0.29, 0.717) is 47.4 Å². The third-order valence-electron chi connectivity index (χ3n) is 4.60. The van der Waals surface area contributed by atoms with Crippen molar-refractivity contribution in [3.8, 4) is 11.9 Å². The van der Waals surface area contributed by atoms with E-state index in [-0.39, 0.29) is 0 Å². The highest BCUT2D eigenvalue weighted by molar-refractivity contribution is 5.65. The minimum atomic E-state index is 0.308. The first-order chi connectivity index (χ1) is 12.7. The number of anilines is 4. The third kappa shape index (κ3) is 4.30. The van der Waals surface area contributed by atoms with Crippen LogP contribution in [0.5, 0.6) is 5.88 Å². The molecule has 26 heavy (non-hydrogen) atoms. The number of nitrogens with one attached hydrogen (secondary N) is 2. The molecule has 2 aromatic heterocycles. The van der Waals surface area contributed by atoms with Crippen molar-refractivity contribution < 1.29 is 4.74 Å². The van der Waals surface area contributed by atoms with E-state index in [1.807, 2.05) is 6.07 Å². The Labute approximate surface area is 152 Å². The lowest BCUT2D eigenvalue weighted by molar-refractivity contribution is 0.342. The van der Waals surface area contributed by atoms with Crippen LogP contribution in [0, 0.1) is 17.2 Å². The summed E-state index contributed by atoms with van der Waals surface area (Å²) in [6, 6.07) is 6.22. The second kappa shape index (κ2) is 8.34. The molecule has 2 aromatic rings. The smallest absolute Gasteiger partial charge is 0.237 e. The van der Waals surface area contributed by atoms with Gasteiger partial charge in [-0.1, -0.05) is 0 Å². The fraction of sp³-hybridized carbons (Fsp3) is 0.444. The number of aromatic nitrogens is 3. The van der Waals surface area contributed by atoms with Gasteiger partial charge in [-0.2, -0.15) is 10.2 Å². The Morgan fingerprint density at radius 1 is 1.31 bits per heavy atom. The van der Waals surface area contributed by atoms with Crippen molar-refractivity contribution in [2.75, 3.05) is 23.5 Å². The van der Waals surface area contributed by atoms with Crippen molar-refractivity contribution in [1.29, 1.82) is 5.26 Å². The number of nitriles is 1. The molecule has 1 aliphatic carbocycles. The van der Waals surface area contributed by atoms with E-state index >= 15 is 0 Å². The zero-order chi connectivity index (χ0) is 18.4. The zero-order valence-electron chi connectivity index (χ0n) is 14.8. The summed E-state index contributed by atoms with van der Waals surface area (Å²) in [5.41, 5.74) is 7.23. The molecule has 0 aromatic carbocycles. The fourth-order valence-electron chi connectivity index (χ4n) is 3.17. The van der Waals surface area contributed by atoms with E-state index in [2.05, 4.69) is 31.7 Å². The lowest BCUT2D eigenvalue weighted by atomic mass is 9.84. The van der Waals surface area contributed by atoms with Gasteiger partial charge < -0.3 is 21.1 Å². The van der Waals surface area contributed by atoms with Crippen LogP contribution in [0.25, 0.3) is 0 Å². The highest BCUT2D eigenvalue weighted by Gasteiger charge is 2.22. The molecular weight excluding hydrogens is 330 g/mol. The van der Waals surface area contributed by atoms with Gasteiger partial charge in [0.05, 0.1) is 25.1 Å². The van der Waals surface area contributed by atoms with E-state index in [4.69, 9.17) is 15.7 Å². The molecule has 0 radical (unpaired) electrons. The molecule has 0 saturated heterocycles. The lowest BCUT2D eigenvalue weighted by Crippen LogP contribution is -2.27. The zero-order valence-corrected chi connectivity index (χ0v) is 14.8. The maximum atomic E-state index is 8.83. The molecule has 0 bridgehead atoms. The van der Waals surface area contributed by atoms with Gasteiger partial charge in [0.15, 0.2) is 5.82 Å². The van der Waals surface area contributed by atoms with Crippen LogP contribution < -0.4 is 21.1 Å². The molecule has 0 amide bonds. The van der Waals surface area contributed by atoms with Crippen LogP contribution in [-0.4, -0.2) is 28.1 Å². The quantitative estimate of drug-likeness (QED) is 0.724. The van der Waals surface area contributed by atoms with Gasteiger partial charge in [-0.05, 0) is 43.7 Å². The van der Waals surface area contributed by atoms with Gasteiger partial charge in [-0.15, -0.1) is 0 Å². The van der Waals surface area contributed by atoms with E-state index in [1.165, 1.54) is 0 Å². The molecule has 0 unspecified atom stereocenters. The SMILES string of the molecule is COc1ncccc1Nc1ncc(N)c(NC2CCC(CC#N)CC2)n1. The molecule has 1 saturated carbocycles. The maximum Gasteiger partial charge on any atom is 0.237 e. The highest BCUT2D eigenvalue weighted by atomic mass is 16.5. The Kier molecular flexibility index (Phi) is 5.69. The van der Waals surface area contributed by atoms with Crippen LogP contribution in [0.1, 0.15) is 32.1 Å². The van der Waals surface area contributed by atoms with Crippen LogP contribution >= 0.6 is 0 Å². The van der Waals surface area contributed by atoms with E-state index in [9.17, 15) is 0 Å². The average Bonchev–Trinajstić information content (AvgIpc) is 2.67.